The second-order valence-electron chi connectivity index (χ2n) is 4.75. The van der Waals surface area contributed by atoms with Gasteiger partial charge < -0.3 is 15.6 Å². The lowest BCUT2D eigenvalue weighted by atomic mass is 9.73. The van der Waals surface area contributed by atoms with E-state index in [1.54, 1.807) is 6.07 Å². The van der Waals surface area contributed by atoms with Crippen molar-refractivity contribution in [2.24, 2.45) is 11.1 Å². The van der Waals surface area contributed by atoms with Crippen molar-refractivity contribution in [2.45, 2.75) is 18.9 Å². The van der Waals surface area contributed by atoms with Crippen LogP contribution in [0.3, 0.4) is 0 Å². The van der Waals surface area contributed by atoms with Crippen LogP contribution >= 0.6 is 27.5 Å². The molecule has 3 N–H and O–H groups in total. The molecule has 100 valence electrons. The van der Waals surface area contributed by atoms with Gasteiger partial charge in [-0.15, -0.1) is 0 Å². The first-order chi connectivity index (χ1) is 8.59. The van der Waals surface area contributed by atoms with Crippen LogP contribution in [0.25, 0.3) is 0 Å². The summed E-state index contributed by atoms with van der Waals surface area (Å²) < 4.78 is 6.26. The van der Waals surface area contributed by atoms with Gasteiger partial charge in [0, 0.05) is 34.7 Å². The Morgan fingerprint density at radius 2 is 2.11 bits per heavy atom. The Balaban J connectivity index is 2.30. The number of aliphatic hydroxyl groups is 1. The Labute approximate surface area is 120 Å². The molecule has 1 saturated heterocycles. The Morgan fingerprint density at radius 3 is 2.67 bits per heavy atom. The van der Waals surface area contributed by atoms with Crippen molar-refractivity contribution >= 4 is 27.5 Å². The van der Waals surface area contributed by atoms with Crippen molar-refractivity contribution in [3.8, 4) is 0 Å². The molecule has 0 aliphatic carbocycles. The topological polar surface area (TPSA) is 55.5 Å². The third-order valence-electron chi connectivity index (χ3n) is 3.73. The van der Waals surface area contributed by atoms with E-state index in [4.69, 9.17) is 22.1 Å². The molecule has 1 unspecified atom stereocenters. The molecule has 3 nitrogen and oxygen atoms in total. The minimum atomic E-state index is -0.646. The van der Waals surface area contributed by atoms with E-state index in [9.17, 15) is 5.11 Å². The summed E-state index contributed by atoms with van der Waals surface area (Å²) in [6.07, 6.45) is 0.876. The highest BCUT2D eigenvalue weighted by atomic mass is 79.9. The smallest absolute Gasteiger partial charge is 0.0874 e. The van der Waals surface area contributed by atoms with E-state index in [2.05, 4.69) is 15.9 Å². The van der Waals surface area contributed by atoms with Gasteiger partial charge in [0.2, 0.25) is 0 Å². The minimum Gasteiger partial charge on any atom is -0.388 e. The van der Waals surface area contributed by atoms with Crippen LogP contribution in [-0.4, -0.2) is 24.9 Å². The third-order valence-corrected chi connectivity index (χ3v) is 4.55. The van der Waals surface area contributed by atoms with E-state index in [-0.39, 0.29) is 5.41 Å². The molecule has 1 atom stereocenters. The molecule has 0 amide bonds. The second-order valence-corrected chi connectivity index (χ2v) is 6.07. The van der Waals surface area contributed by atoms with Gasteiger partial charge in [0.1, 0.15) is 0 Å². The fraction of sp³-hybridized carbons (Fsp3) is 0.538. The number of aliphatic hydroxyl groups excluding tert-OH is 1. The number of benzene rings is 1. The zero-order valence-electron chi connectivity index (χ0n) is 10.0. The summed E-state index contributed by atoms with van der Waals surface area (Å²) >= 11 is 9.56. The first-order valence-electron chi connectivity index (χ1n) is 6.00. The lowest BCUT2D eigenvalue weighted by Crippen LogP contribution is -2.41. The van der Waals surface area contributed by atoms with E-state index >= 15 is 0 Å². The number of hydrogen-bond acceptors (Lipinski definition) is 3. The second kappa shape index (κ2) is 5.88. The molecule has 0 spiro atoms. The number of ether oxygens (including phenoxy) is 1. The van der Waals surface area contributed by atoms with Crippen LogP contribution < -0.4 is 5.73 Å². The molecule has 1 aromatic rings. The number of rotatable bonds is 3. The van der Waals surface area contributed by atoms with Crippen molar-refractivity contribution in [1.82, 2.24) is 0 Å². The highest BCUT2D eigenvalue weighted by Gasteiger charge is 2.39. The quantitative estimate of drug-likeness (QED) is 0.893. The number of hydrogen-bond donors (Lipinski definition) is 2. The summed E-state index contributed by atoms with van der Waals surface area (Å²) in [5.74, 6) is 0. The van der Waals surface area contributed by atoms with E-state index in [1.807, 2.05) is 12.1 Å². The van der Waals surface area contributed by atoms with Gasteiger partial charge in [-0.1, -0.05) is 33.6 Å². The summed E-state index contributed by atoms with van der Waals surface area (Å²) in [5, 5.41) is 11.2. The molecular formula is C13H17BrClNO2. The van der Waals surface area contributed by atoms with Crippen molar-refractivity contribution in [2.75, 3.05) is 19.8 Å². The molecule has 0 saturated carbocycles. The Kier molecular flexibility index (Phi) is 4.67. The van der Waals surface area contributed by atoms with Gasteiger partial charge in [0.25, 0.3) is 0 Å². The highest BCUT2D eigenvalue weighted by Crippen LogP contribution is 2.43. The van der Waals surface area contributed by atoms with Crippen LogP contribution in [0.1, 0.15) is 24.5 Å². The van der Waals surface area contributed by atoms with Crippen LogP contribution in [0, 0.1) is 5.41 Å². The third kappa shape index (κ3) is 2.73. The minimum absolute atomic E-state index is 0.324. The predicted molar refractivity (Wildman–Crippen MR) is 75.7 cm³/mol. The van der Waals surface area contributed by atoms with Gasteiger partial charge in [-0.3, -0.25) is 0 Å². The first-order valence-corrected chi connectivity index (χ1v) is 7.17. The van der Waals surface area contributed by atoms with Crippen LogP contribution in [-0.2, 0) is 4.74 Å². The van der Waals surface area contributed by atoms with Gasteiger partial charge in [0.05, 0.1) is 6.10 Å². The number of nitrogens with two attached hydrogens (primary N) is 1. The van der Waals surface area contributed by atoms with Gasteiger partial charge in [-0.2, -0.15) is 0 Å². The van der Waals surface area contributed by atoms with Crippen molar-refractivity contribution in [1.29, 1.82) is 0 Å². The maximum Gasteiger partial charge on any atom is 0.0874 e. The van der Waals surface area contributed by atoms with Crippen LogP contribution in [0.5, 0.6) is 0 Å². The summed E-state index contributed by atoms with van der Waals surface area (Å²) in [7, 11) is 0. The van der Waals surface area contributed by atoms with E-state index in [0.29, 0.717) is 24.8 Å². The maximum atomic E-state index is 10.6. The summed E-state index contributed by atoms with van der Waals surface area (Å²) in [5.41, 5.74) is 6.31. The van der Waals surface area contributed by atoms with Crippen LogP contribution in [0.15, 0.2) is 22.7 Å². The van der Waals surface area contributed by atoms with Crippen molar-refractivity contribution < 1.29 is 9.84 Å². The van der Waals surface area contributed by atoms with Crippen molar-refractivity contribution in [3.63, 3.8) is 0 Å². The average molecular weight is 335 g/mol. The Hall–Kier alpha value is -0.130. The fourth-order valence-corrected chi connectivity index (χ4v) is 3.20. The van der Waals surface area contributed by atoms with Gasteiger partial charge in [-0.05, 0) is 30.5 Å². The van der Waals surface area contributed by atoms with Crippen LogP contribution in [0.2, 0.25) is 5.02 Å². The molecule has 1 aliphatic heterocycles. The zero-order chi connectivity index (χ0) is 13.2. The monoisotopic (exact) mass is 333 g/mol. The zero-order valence-corrected chi connectivity index (χ0v) is 12.4. The van der Waals surface area contributed by atoms with Crippen LogP contribution in [0.4, 0.5) is 0 Å². The molecule has 1 aromatic carbocycles. The summed E-state index contributed by atoms with van der Waals surface area (Å²) in [4.78, 5) is 0. The molecule has 0 aromatic heterocycles. The largest absolute Gasteiger partial charge is 0.388 e. The molecule has 0 radical (unpaired) electrons. The number of halogens is 2. The summed E-state index contributed by atoms with van der Waals surface area (Å²) in [6.45, 7) is 1.72. The lowest BCUT2D eigenvalue weighted by Gasteiger charge is -2.40. The molecule has 1 heterocycles. The lowest BCUT2D eigenvalue weighted by molar-refractivity contribution is -0.0581. The normalized spacial score (nSPS) is 20.7. The molecule has 18 heavy (non-hydrogen) atoms. The van der Waals surface area contributed by atoms with Crippen molar-refractivity contribution in [3.05, 3.63) is 33.3 Å². The Bertz CT molecular complexity index is 421. The predicted octanol–water partition coefficient (Wildman–Crippen LogP) is 2.89. The molecule has 5 heteroatoms. The average Bonchev–Trinajstić information content (AvgIpc) is 2.39. The highest BCUT2D eigenvalue weighted by molar-refractivity contribution is 9.10. The van der Waals surface area contributed by atoms with E-state index < -0.39 is 6.10 Å². The molecular weight excluding hydrogens is 318 g/mol. The van der Waals surface area contributed by atoms with E-state index in [0.717, 1.165) is 22.9 Å². The summed E-state index contributed by atoms with van der Waals surface area (Å²) in [6, 6.07) is 5.53. The molecule has 1 fully saturated rings. The maximum absolute atomic E-state index is 10.6. The Morgan fingerprint density at radius 1 is 1.44 bits per heavy atom. The SMILES string of the molecule is NCC1(C(O)c2ccc(Br)cc2Cl)CCOCC1. The molecule has 0 bridgehead atoms. The standard InChI is InChI=1S/C13H17BrClNO2/c14-9-1-2-10(11(15)7-9)12(17)13(8-16)3-5-18-6-4-13/h1-2,7,12,17H,3-6,8,16H2. The first kappa shape index (κ1) is 14.3. The van der Waals surface area contributed by atoms with Gasteiger partial charge in [-0.25, -0.2) is 0 Å². The van der Waals surface area contributed by atoms with Gasteiger partial charge >= 0.3 is 0 Å². The fourth-order valence-electron chi connectivity index (χ4n) is 2.42. The van der Waals surface area contributed by atoms with E-state index in [1.165, 1.54) is 0 Å². The molecule has 2 rings (SSSR count). The van der Waals surface area contributed by atoms with Gasteiger partial charge in [0.15, 0.2) is 0 Å². The molecule has 1 aliphatic rings.